The van der Waals surface area contributed by atoms with Crippen LogP contribution >= 0.6 is 22.6 Å². The highest BCUT2D eigenvalue weighted by molar-refractivity contribution is 14.1. The Labute approximate surface area is 97.4 Å². The lowest BCUT2D eigenvalue weighted by molar-refractivity contribution is 0.0604. The molecule has 1 aliphatic rings. The molecule has 1 saturated carbocycles. The van der Waals surface area contributed by atoms with Gasteiger partial charge in [0.05, 0.1) is 6.10 Å². The van der Waals surface area contributed by atoms with E-state index in [-0.39, 0.29) is 12.2 Å². The molecule has 14 heavy (non-hydrogen) atoms. The highest BCUT2D eigenvalue weighted by Gasteiger charge is 2.26. The Morgan fingerprint density at radius 2 is 1.93 bits per heavy atom. The number of aliphatic hydroxyl groups excluding tert-OH is 1. The second-order valence-corrected chi connectivity index (χ2v) is 4.85. The number of aliphatic hydroxyl groups is 1. The quantitative estimate of drug-likeness (QED) is 0.851. The molecule has 0 aliphatic heterocycles. The van der Waals surface area contributed by atoms with Gasteiger partial charge in [0.1, 0.15) is 11.9 Å². The molecule has 2 nitrogen and oxygen atoms in total. The number of ether oxygens (including phenoxy) is 1. The minimum atomic E-state index is -0.283. The van der Waals surface area contributed by atoms with E-state index in [4.69, 9.17) is 4.74 Å². The second-order valence-electron chi connectivity index (χ2n) is 3.61. The Kier molecular flexibility index (Phi) is 3.28. The fraction of sp³-hybridized carbons (Fsp3) is 0.455. The molecule has 0 amide bonds. The third-order valence-electron chi connectivity index (χ3n) is 2.52. The smallest absolute Gasteiger partial charge is 0.124 e. The van der Waals surface area contributed by atoms with E-state index in [1.165, 1.54) is 3.57 Å². The van der Waals surface area contributed by atoms with Crippen LogP contribution in [-0.2, 0) is 0 Å². The van der Waals surface area contributed by atoms with Gasteiger partial charge in [-0.3, -0.25) is 0 Å². The summed E-state index contributed by atoms with van der Waals surface area (Å²) in [5.41, 5.74) is 0. The van der Waals surface area contributed by atoms with Crippen molar-refractivity contribution in [3.63, 3.8) is 0 Å². The first-order valence-electron chi connectivity index (χ1n) is 4.86. The average molecular weight is 304 g/mol. The number of rotatable bonds is 2. The molecular formula is C11H13IO2. The fourth-order valence-electron chi connectivity index (χ4n) is 1.73. The summed E-state index contributed by atoms with van der Waals surface area (Å²) in [7, 11) is 0. The zero-order valence-corrected chi connectivity index (χ0v) is 9.98. The maximum Gasteiger partial charge on any atom is 0.124 e. The van der Waals surface area contributed by atoms with Crippen LogP contribution in [0.2, 0.25) is 0 Å². The van der Waals surface area contributed by atoms with Gasteiger partial charge in [-0.05, 0) is 66.1 Å². The number of benzene rings is 1. The van der Waals surface area contributed by atoms with Crippen LogP contribution in [0.1, 0.15) is 19.3 Å². The van der Waals surface area contributed by atoms with Crippen LogP contribution < -0.4 is 4.74 Å². The first-order valence-corrected chi connectivity index (χ1v) is 5.94. The van der Waals surface area contributed by atoms with Crippen molar-refractivity contribution in [3.8, 4) is 5.75 Å². The summed E-state index contributed by atoms with van der Waals surface area (Å²) in [5, 5.41) is 9.58. The van der Waals surface area contributed by atoms with Gasteiger partial charge >= 0.3 is 0 Å². The monoisotopic (exact) mass is 304 g/mol. The van der Waals surface area contributed by atoms with Crippen molar-refractivity contribution < 1.29 is 9.84 Å². The summed E-state index contributed by atoms with van der Waals surface area (Å²) in [6, 6.07) is 7.92. The minimum Gasteiger partial charge on any atom is -0.488 e. The largest absolute Gasteiger partial charge is 0.488 e. The second kappa shape index (κ2) is 4.49. The zero-order chi connectivity index (χ0) is 9.97. The zero-order valence-electron chi connectivity index (χ0n) is 7.82. The maximum absolute atomic E-state index is 9.58. The lowest BCUT2D eigenvalue weighted by Gasteiger charge is -2.16. The molecule has 0 radical (unpaired) electrons. The van der Waals surface area contributed by atoms with Gasteiger partial charge in [-0.25, -0.2) is 0 Å². The normalized spacial score (nSPS) is 26.4. The summed E-state index contributed by atoms with van der Waals surface area (Å²) in [6.45, 7) is 0. The van der Waals surface area contributed by atoms with Crippen LogP contribution in [0.3, 0.4) is 0 Å². The third kappa shape index (κ3) is 2.39. The van der Waals surface area contributed by atoms with Gasteiger partial charge in [0.25, 0.3) is 0 Å². The van der Waals surface area contributed by atoms with E-state index in [0.29, 0.717) is 0 Å². The van der Waals surface area contributed by atoms with Gasteiger partial charge in [0.15, 0.2) is 0 Å². The molecule has 76 valence electrons. The number of halogens is 1. The van der Waals surface area contributed by atoms with Crippen LogP contribution in [-0.4, -0.2) is 17.3 Å². The van der Waals surface area contributed by atoms with Gasteiger partial charge in [-0.1, -0.05) is 0 Å². The summed E-state index contributed by atoms with van der Waals surface area (Å²) >= 11 is 2.26. The van der Waals surface area contributed by atoms with Gasteiger partial charge < -0.3 is 9.84 Å². The molecule has 0 saturated heterocycles. The maximum atomic E-state index is 9.58. The Hall–Kier alpha value is -0.290. The molecule has 1 aliphatic carbocycles. The Morgan fingerprint density at radius 1 is 1.21 bits per heavy atom. The fourth-order valence-corrected chi connectivity index (χ4v) is 2.09. The molecule has 0 spiro atoms. The average Bonchev–Trinajstić information content (AvgIpc) is 2.56. The molecule has 1 aromatic rings. The predicted octanol–water partition coefficient (Wildman–Crippen LogP) is 2.58. The van der Waals surface area contributed by atoms with Crippen molar-refractivity contribution in [3.05, 3.63) is 27.8 Å². The molecule has 1 aromatic carbocycles. The van der Waals surface area contributed by atoms with Gasteiger partial charge in [0.2, 0.25) is 0 Å². The standard InChI is InChI=1S/C11H13IO2/c12-8-4-6-9(7-5-8)14-11-3-1-2-10(11)13/h4-7,10-11,13H,1-3H2/t10-,11-/m1/s1. The number of hydrogen-bond acceptors (Lipinski definition) is 2. The summed E-state index contributed by atoms with van der Waals surface area (Å²) in [5.74, 6) is 0.858. The van der Waals surface area contributed by atoms with Crippen molar-refractivity contribution in [1.29, 1.82) is 0 Å². The molecule has 1 N–H and O–H groups in total. The molecule has 2 atom stereocenters. The molecular weight excluding hydrogens is 291 g/mol. The molecule has 3 heteroatoms. The Morgan fingerprint density at radius 3 is 2.50 bits per heavy atom. The van der Waals surface area contributed by atoms with Crippen LogP contribution in [0.15, 0.2) is 24.3 Å². The van der Waals surface area contributed by atoms with E-state index in [0.717, 1.165) is 25.0 Å². The van der Waals surface area contributed by atoms with E-state index in [9.17, 15) is 5.11 Å². The first kappa shape index (κ1) is 10.2. The molecule has 0 bridgehead atoms. The predicted molar refractivity (Wildman–Crippen MR) is 63.4 cm³/mol. The summed E-state index contributed by atoms with van der Waals surface area (Å²) in [4.78, 5) is 0. The first-order chi connectivity index (χ1) is 6.75. The highest BCUT2D eigenvalue weighted by atomic mass is 127. The summed E-state index contributed by atoms with van der Waals surface area (Å²) in [6.07, 6.45) is 2.61. The van der Waals surface area contributed by atoms with Gasteiger partial charge in [-0.2, -0.15) is 0 Å². The van der Waals surface area contributed by atoms with Crippen molar-refractivity contribution in [2.75, 3.05) is 0 Å². The number of hydrogen-bond donors (Lipinski definition) is 1. The van der Waals surface area contributed by atoms with Gasteiger partial charge in [0, 0.05) is 3.57 Å². The highest BCUT2D eigenvalue weighted by Crippen LogP contribution is 2.24. The van der Waals surface area contributed by atoms with E-state index < -0.39 is 0 Å². The van der Waals surface area contributed by atoms with Crippen LogP contribution in [0, 0.1) is 3.57 Å². The van der Waals surface area contributed by atoms with Crippen molar-refractivity contribution in [2.45, 2.75) is 31.5 Å². The van der Waals surface area contributed by atoms with E-state index in [2.05, 4.69) is 22.6 Å². The summed E-state index contributed by atoms with van der Waals surface area (Å²) < 4.78 is 6.89. The third-order valence-corrected chi connectivity index (χ3v) is 3.24. The van der Waals surface area contributed by atoms with Crippen LogP contribution in [0.4, 0.5) is 0 Å². The lowest BCUT2D eigenvalue weighted by atomic mass is 10.2. The van der Waals surface area contributed by atoms with E-state index in [1.54, 1.807) is 0 Å². The molecule has 1 fully saturated rings. The van der Waals surface area contributed by atoms with Crippen molar-refractivity contribution >= 4 is 22.6 Å². The Bertz CT molecular complexity index is 297. The molecule has 0 aromatic heterocycles. The topological polar surface area (TPSA) is 29.5 Å². The molecule has 2 rings (SSSR count). The minimum absolute atomic E-state index is 0.00457. The van der Waals surface area contributed by atoms with Crippen LogP contribution in [0.5, 0.6) is 5.75 Å². The lowest BCUT2D eigenvalue weighted by Crippen LogP contribution is -2.25. The SMILES string of the molecule is O[C@@H]1CCC[C@H]1Oc1ccc(I)cc1. The Balaban J connectivity index is 2.00. The molecule has 0 heterocycles. The molecule has 0 unspecified atom stereocenters. The van der Waals surface area contributed by atoms with E-state index in [1.807, 2.05) is 24.3 Å². The van der Waals surface area contributed by atoms with Gasteiger partial charge in [-0.15, -0.1) is 0 Å². The van der Waals surface area contributed by atoms with E-state index >= 15 is 0 Å². The van der Waals surface area contributed by atoms with Crippen molar-refractivity contribution in [2.24, 2.45) is 0 Å². The van der Waals surface area contributed by atoms with Crippen molar-refractivity contribution in [1.82, 2.24) is 0 Å². The van der Waals surface area contributed by atoms with Crippen LogP contribution in [0.25, 0.3) is 0 Å².